The van der Waals surface area contributed by atoms with E-state index in [1.165, 1.54) is 23.9 Å². The molecule has 28 heavy (non-hydrogen) atoms. The maximum atomic E-state index is 10.6. The fraction of sp³-hybridized carbons (Fsp3) is 0.500. The number of aromatic nitrogens is 1. The van der Waals surface area contributed by atoms with E-state index in [9.17, 15) is 13.2 Å². The van der Waals surface area contributed by atoms with Crippen LogP contribution in [0.1, 0.15) is 25.5 Å². The number of halogens is 3. The van der Waals surface area contributed by atoms with Crippen LogP contribution in [0, 0.1) is 5.92 Å². The summed E-state index contributed by atoms with van der Waals surface area (Å²) in [5, 5.41) is 8.35. The molecule has 3 heterocycles. The predicted octanol–water partition coefficient (Wildman–Crippen LogP) is 3.87. The van der Waals surface area contributed by atoms with Crippen LogP contribution in [0.2, 0.25) is 0 Å². The molecule has 0 amide bonds. The van der Waals surface area contributed by atoms with Crippen molar-refractivity contribution in [3.8, 4) is 0 Å². The van der Waals surface area contributed by atoms with Gasteiger partial charge in [-0.3, -0.25) is 9.88 Å². The van der Waals surface area contributed by atoms with Crippen LogP contribution < -0.4 is 0 Å². The second-order valence-corrected chi connectivity index (χ2v) is 7.30. The van der Waals surface area contributed by atoms with Crippen LogP contribution in [0.4, 0.5) is 13.2 Å². The molecule has 0 saturated carbocycles. The summed E-state index contributed by atoms with van der Waals surface area (Å²) in [5.74, 6) is -2.04. The van der Waals surface area contributed by atoms with Gasteiger partial charge in [0.1, 0.15) is 0 Å². The molecule has 0 radical (unpaired) electrons. The number of hydrogen-bond acceptors (Lipinski definition) is 4. The highest BCUT2D eigenvalue weighted by atomic mass is 19.4. The molecule has 2 saturated heterocycles. The smallest absolute Gasteiger partial charge is 0.475 e. The molecular formula is C20H23F3N2O3. The van der Waals surface area contributed by atoms with E-state index in [2.05, 4.69) is 48.2 Å². The zero-order valence-corrected chi connectivity index (χ0v) is 15.5. The number of benzene rings is 1. The lowest BCUT2D eigenvalue weighted by molar-refractivity contribution is -0.192. The summed E-state index contributed by atoms with van der Waals surface area (Å²) in [4.78, 5) is 16.2. The minimum atomic E-state index is -5.08. The fourth-order valence-electron chi connectivity index (χ4n) is 3.84. The highest BCUT2D eigenvalue weighted by Gasteiger charge is 2.38. The summed E-state index contributed by atoms with van der Waals surface area (Å²) in [7, 11) is 0. The van der Waals surface area contributed by atoms with Crippen molar-refractivity contribution in [2.75, 3.05) is 13.1 Å². The van der Waals surface area contributed by atoms with Gasteiger partial charge in [0.15, 0.2) is 0 Å². The zero-order valence-electron chi connectivity index (χ0n) is 15.5. The van der Waals surface area contributed by atoms with Crippen molar-refractivity contribution in [2.45, 2.75) is 44.7 Å². The second-order valence-electron chi connectivity index (χ2n) is 7.30. The number of carboxylic acids is 1. The van der Waals surface area contributed by atoms with Gasteiger partial charge in [-0.1, -0.05) is 24.3 Å². The summed E-state index contributed by atoms with van der Waals surface area (Å²) in [5.41, 5.74) is 2.28. The largest absolute Gasteiger partial charge is 0.490 e. The molecule has 0 aliphatic carbocycles. The highest BCUT2D eigenvalue weighted by molar-refractivity contribution is 5.78. The van der Waals surface area contributed by atoms with Crippen molar-refractivity contribution in [3.63, 3.8) is 0 Å². The molecule has 5 nitrogen and oxygen atoms in total. The minimum Gasteiger partial charge on any atom is -0.475 e. The Bertz CT molecular complexity index is 828. The molecule has 2 aliphatic heterocycles. The van der Waals surface area contributed by atoms with E-state index in [0.29, 0.717) is 18.1 Å². The number of aliphatic carboxylic acids is 1. The lowest BCUT2D eigenvalue weighted by atomic mass is 9.93. The quantitative estimate of drug-likeness (QED) is 0.835. The Balaban J connectivity index is 0.000000279. The zero-order chi connectivity index (χ0) is 20.3. The first-order valence-electron chi connectivity index (χ1n) is 9.25. The number of fused-ring (bicyclic) bond motifs is 2. The van der Waals surface area contributed by atoms with Crippen LogP contribution in [-0.4, -0.2) is 52.4 Å². The molecular weight excluding hydrogens is 373 g/mol. The molecule has 2 fully saturated rings. The number of carbonyl (C=O) groups is 1. The number of pyridine rings is 1. The van der Waals surface area contributed by atoms with E-state index in [0.717, 1.165) is 25.2 Å². The van der Waals surface area contributed by atoms with Gasteiger partial charge in [-0.05, 0) is 31.9 Å². The van der Waals surface area contributed by atoms with Crippen molar-refractivity contribution in [1.29, 1.82) is 0 Å². The first kappa shape index (κ1) is 20.5. The van der Waals surface area contributed by atoms with Gasteiger partial charge in [-0.15, -0.1) is 0 Å². The van der Waals surface area contributed by atoms with E-state index in [4.69, 9.17) is 19.6 Å². The van der Waals surface area contributed by atoms with Gasteiger partial charge in [0.25, 0.3) is 0 Å². The second kappa shape index (κ2) is 8.45. The van der Waals surface area contributed by atoms with E-state index >= 15 is 0 Å². The molecule has 1 aromatic heterocycles. The minimum absolute atomic E-state index is 0.443. The van der Waals surface area contributed by atoms with Gasteiger partial charge in [0, 0.05) is 30.9 Å². The molecule has 152 valence electrons. The SMILES string of the molecule is C[C@H]1C[C@H]2CN(Cc3ccc4ccccc4n3)CC[C@@H]2O1.O=C(O)C(F)(F)F. The van der Waals surface area contributed by atoms with Gasteiger partial charge >= 0.3 is 12.1 Å². The number of piperidine rings is 1. The predicted molar refractivity (Wildman–Crippen MR) is 97.8 cm³/mol. The van der Waals surface area contributed by atoms with Crippen molar-refractivity contribution < 1.29 is 27.8 Å². The van der Waals surface area contributed by atoms with Gasteiger partial charge < -0.3 is 9.84 Å². The van der Waals surface area contributed by atoms with Crippen LogP contribution >= 0.6 is 0 Å². The number of rotatable bonds is 2. The summed E-state index contributed by atoms with van der Waals surface area (Å²) in [6.07, 6.45) is -1.76. The Morgan fingerprint density at radius 1 is 1.29 bits per heavy atom. The van der Waals surface area contributed by atoms with Gasteiger partial charge in [0.2, 0.25) is 0 Å². The molecule has 2 aromatic rings. The summed E-state index contributed by atoms with van der Waals surface area (Å²) >= 11 is 0. The lowest BCUT2D eigenvalue weighted by Gasteiger charge is -2.33. The van der Waals surface area contributed by atoms with E-state index < -0.39 is 12.1 Å². The summed E-state index contributed by atoms with van der Waals surface area (Å²) in [6.45, 7) is 5.45. The Morgan fingerprint density at radius 3 is 2.71 bits per heavy atom. The van der Waals surface area contributed by atoms with Gasteiger partial charge in [0.05, 0.1) is 23.4 Å². The van der Waals surface area contributed by atoms with Crippen molar-refractivity contribution >= 4 is 16.9 Å². The monoisotopic (exact) mass is 396 g/mol. The van der Waals surface area contributed by atoms with Crippen LogP contribution in [0.5, 0.6) is 0 Å². The van der Waals surface area contributed by atoms with Crippen LogP contribution in [0.15, 0.2) is 36.4 Å². The van der Waals surface area contributed by atoms with Crippen molar-refractivity contribution in [2.24, 2.45) is 5.92 Å². The number of hydrogen-bond donors (Lipinski definition) is 1. The molecule has 0 spiro atoms. The number of para-hydroxylation sites is 1. The molecule has 0 unspecified atom stereocenters. The molecule has 3 atom stereocenters. The van der Waals surface area contributed by atoms with E-state index in [1.54, 1.807) is 0 Å². The highest BCUT2D eigenvalue weighted by Crippen LogP contribution is 2.33. The molecule has 1 N–H and O–H groups in total. The third-order valence-corrected chi connectivity index (χ3v) is 5.07. The number of carboxylic acid groups (broad SMARTS) is 1. The maximum Gasteiger partial charge on any atom is 0.490 e. The normalized spacial score (nSPS) is 25.1. The van der Waals surface area contributed by atoms with Gasteiger partial charge in [-0.2, -0.15) is 13.2 Å². The number of ether oxygens (including phenoxy) is 1. The fourth-order valence-corrected chi connectivity index (χ4v) is 3.84. The van der Waals surface area contributed by atoms with E-state index in [-0.39, 0.29) is 0 Å². The summed E-state index contributed by atoms with van der Waals surface area (Å²) < 4.78 is 37.7. The molecule has 1 aromatic carbocycles. The summed E-state index contributed by atoms with van der Waals surface area (Å²) in [6, 6.07) is 12.7. The molecule has 8 heteroatoms. The topological polar surface area (TPSA) is 62.7 Å². The standard InChI is InChI=1S/C18H22N2O.C2HF3O2/c1-13-10-15-11-20(9-8-18(15)21-13)12-16-7-6-14-4-2-3-5-17(14)19-16;3-2(4,5)1(6)7/h2-7,13,15,18H,8-12H2,1H3;(H,6,7)/t13-,15-,18-;/m0./s1. The third-order valence-electron chi connectivity index (χ3n) is 5.07. The van der Waals surface area contributed by atoms with Gasteiger partial charge in [-0.25, -0.2) is 4.79 Å². The number of likely N-dealkylation sites (tertiary alicyclic amines) is 1. The first-order chi connectivity index (χ1) is 13.2. The third kappa shape index (κ3) is 5.20. The molecule has 0 bridgehead atoms. The van der Waals surface area contributed by atoms with Crippen LogP contribution in [0.3, 0.4) is 0 Å². The number of nitrogens with zero attached hydrogens (tertiary/aromatic N) is 2. The average Bonchev–Trinajstić information content (AvgIpc) is 3.00. The molecule has 4 rings (SSSR count). The molecule has 2 aliphatic rings. The average molecular weight is 396 g/mol. The van der Waals surface area contributed by atoms with Crippen molar-refractivity contribution in [1.82, 2.24) is 9.88 Å². The van der Waals surface area contributed by atoms with Crippen LogP contribution in [0.25, 0.3) is 10.9 Å². The Morgan fingerprint density at radius 2 is 2.00 bits per heavy atom. The lowest BCUT2D eigenvalue weighted by Crippen LogP contribution is -2.40. The Labute approximate surface area is 161 Å². The first-order valence-corrected chi connectivity index (χ1v) is 9.25. The Kier molecular flexibility index (Phi) is 6.20. The maximum absolute atomic E-state index is 10.6. The van der Waals surface area contributed by atoms with Crippen molar-refractivity contribution in [3.05, 3.63) is 42.1 Å². The number of alkyl halides is 3. The van der Waals surface area contributed by atoms with Crippen LogP contribution in [-0.2, 0) is 16.1 Å². The Hall–Kier alpha value is -2.19. The van der Waals surface area contributed by atoms with E-state index in [1.807, 2.05) is 0 Å².